The molecule has 0 spiro atoms. The lowest BCUT2D eigenvalue weighted by Crippen LogP contribution is -2.45. The Morgan fingerprint density at radius 2 is 2.19 bits per heavy atom. The Labute approximate surface area is 127 Å². The van der Waals surface area contributed by atoms with Crippen LogP contribution in [0, 0.1) is 13.8 Å². The third-order valence-corrected chi connectivity index (χ3v) is 4.08. The number of morpholine rings is 1. The predicted molar refractivity (Wildman–Crippen MR) is 83.9 cm³/mol. The van der Waals surface area contributed by atoms with Gasteiger partial charge in [0.1, 0.15) is 18.0 Å². The van der Waals surface area contributed by atoms with E-state index >= 15 is 0 Å². The summed E-state index contributed by atoms with van der Waals surface area (Å²) in [5.74, 6) is 0.746. The molecule has 1 fully saturated rings. The maximum absolute atomic E-state index is 10.8. The van der Waals surface area contributed by atoms with Crippen LogP contribution < -0.4 is 4.74 Å². The molecule has 0 aromatic heterocycles. The Kier molecular flexibility index (Phi) is 5.62. The lowest BCUT2D eigenvalue weighted by Gasteiger charge is -2.35. The van der Waals surface area contributed by atoms with E-state index in [2.05, 4.69) is 17.9 Å². The number of rotatable bonds is 5. The highest BCUT2D eigenvalue weighted by atomic mass is 16.5. The average molecular weight is 293 g/mol. The SMILES string of the molecule is CCCN1CCOC(C(O)c2c(C)cc(C)cc2OC)C1. The number of aliphatic hydroxyl groups excluding tert-OH is 1. The van der Waals surface area contributed by atoms with Crippen molar-refractivity contribution in [2.75, 3.05) is 33.4 Å². The summed E-state index contributed by atoms with van der Waals surface area (Å²) in [4.78, 5) is 2.35. The second-order valence-electron chi connectivity index (χ2n) is 5.85. The Balaban J connectivity index is 2.21. The zero-order valence-corrected chi connectivity index (χ0v) is 13.6. The summed E-state index contributed by atoms with van der Waals surface area (Å²) in [6.07, 6.45) is 0.274. The zero-order chi connectivity index (χ0) is 15.4. The minimum Gasteiger partial charge on any atom is -0.496 e. The van der Waals surface area contributed by atoms with E-state index in [0.29, 0.717) is 6.61 Å². The van der Waals surface area contributed by atoms with E-state index in [-0.39, 0.29) is 6.10 Å². The molecule has 0 bridgehead atoms. The molecular formula is C17H27NO3. The molecule has 2 atom stereocenters. The van der Waals surface area contributed by atoms with Crippen molar-refractivity contribution in [1.82, 2.24) is 4.90 Å². The average Bonchev–Trinajstić information content (AvgIpc) is 2.46. The molecule has 1 saturated heterocycles. The highest BCUT2D eigenvalue weighted by Gasteiger charge is 2.30. The number of hydrogen-bond acceptors (Lipinski definition) is 4. The van der Waals surface area contributed by atoms with Crippen molar-refractivity contribution < 1.29 is 14.6 Å². The van der Waals surface area contributed by atoms with Crippen molar-refractivity contribution in [3.8, 4) is 5.75 Å². The molecule has 1 aliphatic heterocycles. The molecule has 1 aromatic carbocycles. The van der Waals surface area contributed by atoms with Crippen LogP contribution in [0.4, 0.5) is 0 Å². The van der Waals surface area contributed by atoms with E-state index in [1.165, 1.54) is 0 Å². The van der Waals surface area contributed by atoms with Gasteiger partial charge >= 0.3 is 0 Å². The van der Waals surface area contributed by atoms with Crippen molar-refractivity contribution in [1.29, 1.82) is 0 Å². The number of methoxy groups -OCH3 is 1. The van der Waals surface area contributed by atoms with Crippen LogP contribution in [0.3, 0.4) is 0 Å². The summed E-state index contributed by atoms with van der Waals surface area (Å²) >= 11 is 0. The van der Waals surface area contributed by atoms with Crippen LogP contribution >= 0.6 is 0 Å². The highest BCUT2D eigenvalue weighted by Crippen LogP contribution is 2.33. The first kappa shape index (κ1) is 16.3. The lowest BCUT2D eigenvalue weighted by molar-refractivity contribution is -0.0904. The van der Waals surface area contributed by atoms with Crippen LogP contribution in [0.2, 0.25) is 0 Å². The molecule has 4 heteroatoms. The largest absolute Gasteiger partial charge is 0.496 e. The van der Waals surface area contributed by atoms with Gasteiger partial charge in [0, 0.05) is 18.7 Å². The number of aliphatic hydroxyl groups is 1. The molecule has 0 amide bonds. The van der Waals surface area contributed by atoms with Gasteiger partial charge in [-0.05, 0) is 44.0 Å². The van der Waals surface area contributed by atoms with Gasteiger partial charge in [0.25, 0.3) is 0 Å². The summed E-state index contributed by atoms with van der Waals surface area (Å²) < 4.78 is 11.3. The van der Waals surface area contributed by atoms with Crippen LogP contribution in [0.5, 0.6) is 5.75 Å². The summed E-state index contributed by atoms with van der Waals surface area (Å²) in [5, 5.41) is 10.8. The molecule has 1 heterocycles. The normalized spacial score (nSPS) is 21.3. The van der Waals surface area contributed by atoms with Gasteiger partial charge in [-0.15, -0.1) is 0 Å². The van der Waals surface area contributed by atoms with Crippen LogP contribution in [0.1, 0.15) is 36.1 Å². The maximum atomic E-state index is 10.8. The van der Waals surface area contributed by atoms with Gasteiger partial charge in [-0.2, -0.15) is 0 Å². The van der Waals surface area contributed by atoms with Crippen LogP contribution in [-0.2, 0) is 4.74 Å². The smallest absolute Gasteiger partial charge is 0.125 e. The first-order valence-electron chi connectivity index (χ1n) is 7.74. The van der Waals surface area contributed by atoms with E-state index in [9.17, 15) is 5.11 Å². The molecule has 1 aromatic rings. The second kappa shape index (κ2) is 7.25. The van der Waals surface area contributed by atoms with Gasteiger partial charge in [-0.3, -0.25) is 4.90 Å². The van der Waals surface area contributed by atoms with Gasteiger partial charge < -0.3 is 14.6 Å². The third-order valence-electron chi connectivity index (χ3n) is 4.08. The fraction of sp³-hybridized carbons (Fsp3) is 0.647. The molecule has 4 nitrogen and oxygen atoms in total. The van der Waals surface area contributed by atoms with Crippen molar-refractivity contribution in [2.24, 2.45) is 0 Å². The highest BCUT2D eigenvalue weighted by molar-refractivity contribution is 5.44. The first-order chi connectivity index (χ1) is 10.1. The summed E-state index contributed by atoms with van der Waals surface area (Å²) in [6.45, 7) is 9.67. The topological polar surface area (TPSA) is 41.9 Å². The van der Waals surface area contributed by atoms with Crippen molar-refractivity contribution in [3.05, 3.63) is 28.8 Å². The van der Waals surface area contributed by atoms with E-state index in [1.54, 1.807) is 7.11 Å². The fourth-order valence-corrected chi connectivity index (χ4v) is 3.12. The summed E-state index contributed by atoms with van der Waals surface area (Å²) in [5.41, 5.74) is 3.04. The van der Waals surface area contributed by atoms with Crippen LogP contribution in [-0.4, -0.2) is 49.5 Å². The quantitative estimate of drug-likeness (QED) is 0.905. The molecule has 21 heavy (non-hydrogen) atoms. The van der Waals surface area contributed by atoms with Gasteiger partial charge in [-0.1, -0.05) is 13.0 Å². The molecule has 2 rings (SSSR count). The van der Waals surface area contributed by atoms with Crippen molar-refractivity contribution >= 4 is 0 Å². The van der Waals surface area contributed by atoms with E-state index in [4.69, 9.17) is 9.47 Å². The molecule has 1 N–H and O–H groups in total. The Morgan fingerprint density at radius 3 is 2.86 bits per heavy atom. The molecule has 0 radical (unpaired) electrons. The predicted octanol–water partition coefficient (Wildman–Crippen LogP) is 2.46. The van der Waals surface area contributed by atoms with Gasteiger partial charge in [0.2, 0.25) is 0 Å². The summed E-state index contributed by atoms with van der Waals surface area (Å²) in [7, 11) is 1.65. The Bertz CT molecular complexity index is 473. The van der Waals surface area contributed by atoms with Gasteiger partial charge in [0.05, 0.1) is 13.7 Å². The number of benzene rings is 1. The minimum absolute atomic E-state index is 0.194. The standard InChI is InChI=1S/C17H27NO3/c1-5-6-18-7-8-21-15(11-18)17(19)16-13(3)9-12(2)10-14(16)20-4/h9-10,15,17,19H,5-8,11H2,1-4H3. The Morgan fingerprint density at radius 1 is 1.43 bits per heavy atom. The van der Waals surface area contributed by atoms with E-state index in [1.807, 2.05) is 19.9 Å². The van der Waals surface area contributed by atoms with Crippen molar-refractivity contribution in [2.45, 2.75) is 39.4 Å². The first-order valence-corrected chi connectivity index (χ1v) is 7.74. The third kappa shape index (κ3) is 3.76. The van der Waals surface area contributed by atoms with E-state index in [0.717, 1.165) is 48.5 Å². The molecular weight excluding hydrogens is 266 g/mol. The maximum Gasteiger partial charge on any atom is 0.125 e. The number of hydrogen-bond donors (Lipinski definition) is 1. The minimum atomic E-state index is -0.653. The van der Waals surface area contributed by atoms with Crippen LogP contribution in [0.25, 0.3) is 0 Å². The van der Waals surface area contributed by atoms with Crippen molar-refractivity contribution in [3.63, 3.8) is 0 Å². The second-order valence-corrected chi connectivity index (χ2v) is 5.85. The molecule has 2 unspecified atom stereocenters. The lowest BCUT2D eigenvalue weighted by atomic mass is 9.95. The number of aryl methyl sites for hydroxylation is 2. The number of ether oxygens (including phenoxy) is 2. The van der Waals surface area contributed by atoms with Gasteiger partial charge in [-0.25, -0.2) is 0 Å². The monoisotopic (exact) mass is 293 g/mol. The van der Waals surface area contributed by atoms with E-state index < -0.39 is 6.10 Å². The molecule has 1 aliphatic rings. The molecule has 0 saturated carbocycles. The molecule has 118 valence electrons. The van der Waals surface area contributed by atoms with Gasteiger partial charge in [0.15, 0.2) is 0 Å². The zero-order valence-electron chi connectivity index (χ0n) is 13.6. The fourth-order valence-electron chi connectivity index (χ4n) is 3.12. The Hall–Kier alpha value is -1.10. The van der Waals surface area contributed by atoms with Crippen LogP contribution in [0.15, 0.2) is 12.1 Å². The molecule has 0 aliphatic carbocycles. The summed E-state index contributed by atoms with van der Waals surface area (Å²) in [6, 6.07) is 4.05. The number of nitrogens with zero attached hydrogens (tertiary/aromatic N) is 1.